The van der Waals surface area contributed by atoms with Crippen LogP contribution in [0.15, 0.2) is 50.7 Å². The van der Waals surface area contributed by atoms with E-state index in [9.17, 15) is 8.78 Å². The maximum absolute atomic E-state index is 13.6. The Labute approximate surface area is 111 Å². The van der Waals surface area contributed by atoms with E-state index in [1.165, 1.54) is 30.0 Å². The average molecular weight is 315 g/mol. The van der Waals surface area contributed by atoms with Gasteiger partial charge in [-0.3, -0.25) is 0 Å². The van der Waals surface area contributed by atoms with E-state index in [2.05, 4.69) is 15.9 Å². The summed E-state index contributed by atoms with van der Waals surface area (Å²) in [4.78, 5) is 1.32. The largest absolute Gasteiger partial charge is 0.207 e. The lowest BCUT2D eigenvalue weighted by Crippen LogP contribution is -1.84. The van der Waals surface area contributed by atoms with Crippen LogP contribution < -0.4 is 0 Å². The topological polar surface area (TPSA) is 0 Å². The first-order chi connectivity index (χ1) is 8.06. The smallest absolute Gasteiger partial charge is 0.137 e. The van der Waals surface area contributed by atoms with Crippen LogP contribution in [0.4, 0.5) is 8.78 Å². The molecule has 0 bridgehead atoms. The fraction of sp³-hybridized carbons (Fsp3) is 0.0769. The fourth-order valence-electron chi connectivity index (χ4n) is 1.37. The highest BCUT2D eigenvalue weighted by Crippen LogP contribution is 2.35. The van der Waals surface area contributed by atoms with Crippen LogP contribution in [-0.2, 0) is 0 Å². The zero-order valence-corrected chi connectivity index (χ0v) is 11.4. The first-order valence-electron chi connectivity index (χ1n) is 4.95. The number of aryl methyl sites for hydroxylation is 1. The van der Waals surface area contributed by atoms with Gasteiger partial charge in [-0.25, -0.2) is 8.78 Å². The third-order valence-electron chi connectivity index (χ3n) is 2.20. The minimum absolute atomic E-state index is 0.258. The van der Waals surface area contributed by atoms with Crippen LogP contribution in [0.3, 0.4) is 0 Å². The van der Waals surface area contributed by atoms with Crippen LogP contribution in [0, 0.1) is 18.6 Å². The lowest BCUT2D eigenvalue weighted by Gasteiger charge is -2.06. The lowest BCUT2D eigenvalue weighted by molar-refractivity contribution is 0.600. The molecule has 0 nitrogen and oxygen atoms in total. The van der Waals surface area contributed by atoms with Crippen molar-refractivity contribution in [1.82, 2.24) is 0 Å². The van der Waals surface area contributed by atoms with E-state index in [0.717, 1.165) is 10.5 Å². The quantitative estimate of drug-likeness (QED) is 0.735. The van der Waals surface area contributed by atoms with Crippen LogP contribution in [0.25, 0.3) is 0 Å². The zero-order valence-electron chi connectivity index (χ0n) is 9.01. The number of benzene rings is 2. The fourth-order valence-corrected chi connectivity index (χ4v) is 2.78. The van der Waals surface area contributed by atoms with Gasteiger partial charge in [0.05, 0.1) is 0 Å². The molecule has 0 unspecified atom stereocenters. The summed E-state index contributed by atoms with van der Waals surface area (Å²) in [5, 5.41) is 0. The first kappa shape index (κ1) is 12.6. The third-order valence-corrected chi connectivity index (χ3v) is 4.25. The molecule has 17 heavy (non-hydrogen) atoms. The number of hydrogen-bond acceptors (Lipinski definition) is 1. The van der Waals surface area contributed by atoms with Crippen LogP contribution in [0.2, 0.25) is 0 Å². The predicted molar refractivity (Wildman–Crippen MR) is 69.4 cm³/mol. The van der Waals surface area contributed by atoms with Crippen molar-refractivity contribution in [3.63, 3.8) is 0 Å². The van der Waals surface area contributed by atoms with E-state index in [-0.39, 0.29) is 11.6 Å². The number of halogens is 3. The SMILES string of the molecule is Cc1ccc(Sc2ccc(F)cc2Br)c(F)c1. The van der Waals surface area contributed by atoms with Crippen LogP contribution >= 0.6 is 27.7 Å². The predicted octanol–water partition coefficient (Wildman–Crippen LogP) is 5.19. The maximum Gasteiger partial charge on any atom is 0.137 e. The molecule has 2 rings (SSSR count). The highest BCUT2D eigenvalue weighted by molar-refractivity contribution is 9.10. The Bertz CT molecular complexity index is 506. The molecule has 0 N–H and O–H groups in total. The van der Waals surface area contributed by atoms with E-state index in [4.69, 9.17) is 0 Å². The molecule has 0 atom stereocenters. The van der Waals surface area contributed by atoms with Crippen molar-refractivity contribution in [3.8, 4) is 0 Å². The van der Waals surface area contributed by atoms with E-state index < -0.39 is 0 Å². The normalized spacial score (nSPS) is 10.6. The average Bonchev–Trinajstić information content (AvgIpc) is 2.25. The van der Waals surface area contributed by atoms with Crippen molar-refractivity contribution >= 4 is 27.7 Å². The van der Waals surface area contributed by atoms with Gasteiger partial charge < -0.3 is 0 Å². The van der Waals surface area contributed by atoms with Gasteiger partial charge in [-0.2, -0.15) is 0 Å². The summed E-state index contributed by atoms with van der Waals surface area (Å²) in [6.45, 7) is 1.84. The van der Waals surface area contributed by atoms with Crippen molar-refractivity contribution in [3.05, 3.63) is 58.1 Å². The molecular weight excluding hydrogens is 306 g/mol. The van der Waals surface area contributed by atoms with Gasteiger partial charge in [-0.15, -0.1) is 0 Å². The zero-order chi connectivity index (χ0) is 12.4. The van der Waals surface area contributed by atoms with Crippen LogP contribution in [0.1, 0.15) is 5.56 Å². The molecule has 0 fully saturated rings. The molecule has 4 heteroatoms. The molecule has 0 saturated heterocycles. The molecule has 0 aromatic heterocycles. The minimum Gasteiger partial charge on any atom is -0.207 e. The minimum atomic E-state index is -0.314. The van der Waals surface area contributed by atoms with Crippen LogP contribution in [0.5, 0.6) is 0 Å². The number of hydrogen-bond donors (Lipinski definition) is 0. The van der Waals surface area contributed by atoms with Gasteiger partial charge in [0.15, 0.2) is 0 Å². The molecule has 0 spiro atoms. The van der Waals surface area contributed by atoms with E-state index in [1.807, 2.05) is 13.0 Å². The molecule has 0 saturated carbocycles. The summed E-state index contributed by atoms with van der Waals surface area (Å²) in [7, 11) is 0. The highest BCUT2D eigenvalue weighted by atomic mass is 79.9. The molecule has 2 aromatic rings. The Morgan fingerprint density at radius 1 is 1.00 bits per heavy atom. The molecule has 0 heterocycles. The van der Waals surface area contributed by atoms with Gasteiger partial charge in [0.25, 0.3) is 0 Å². The van der Waals surface area contributed by atoms with Gasteiger partial charge >= 0.3 is 0 Å². The first-order valence-corrected chi connectivity index (χ1v) is 6.56. The highest BCUT2D eigenvalue weighted by Gasteiger charge is 2.07. The molecule has 0 radical (unpaired) electrons. The van der Waals surface area contributed by atoms with E-state index >= 15 is 0 Å². The Kier molecular flexibility index (Phi) is 3.84. The maximum atomic E-state index is 13.6. The summed E-state index contributed by atoms with van der Waals surface area (Å²) in [6.07, 6.45) is 0. The monoisotopic (exact) mass is 314 g/mol. The summed E-state index contributed by atoms with van der Waals surface area (Å²) >= 11 is 4.53. The second-order valence-corrected chi connectivity index (χ2v) is 5.55. The molecule has 0 aliphatic rings. The molecule has 0 aliphatic carbocycles. The molecule has 88 valence electrons. The van der Waals surface area contributed by atoms with E-state index in [1.54, 1.807) is 12.1 Å². The Hall–Kier alpha value is -0.870. The third kappa shape index (κ3) is 3.07. The summed E-state index contributed by atoms with van der Waals surface area (Å²) in [5.74, 6) is -0.572. The number of rotatable bonds is 2. The summed E-state index contributed by atoms with van der Waals surface area (Å²) in [5.41, 5.74) is 0.880. The Morgan fingerprint density at radius 2 is 1.71 bits per heavy atom. The Morgan fingerprint density at radius 3 is 2.35 bits per heavy atom. The molecule has 2 aromatic carbocycles. The molecule has 0 aliphatic heterocycles. The molecule has 0 amide bonds. The van der Waals surface area contributed by atoms with Crippen molar-refractivity contribution in [2.75, 3.05) is 0 Å². The van der Waals surface area contributed by atoms with Gasteiger partial charge in [0, 0.05) is 14.3 Å². The molecular formula is C13H9BrF2S. The van der Waals surface area contributed by atoms with Crippen LogP contribution in [-0.4, -0.2) is 0 Å². The van der Waals surface area contributed by atoms with Gasteiger partial charge in [0.1, 0.15) is 11.6 Å². The van der Waals surface area contributed by atoms with Crippen molar-refractivity contribution in [2.24, 2.45) is 0 Å². The van der Waals surface area contributed by atoms with E-state index in [0.29, 0.717) is 9.37 Å². The van der Waals surface area contributed by atoms with Gasteiger partial charge in [-0.05, 0) is 58.7 Å². The standard InChI is InChI=1S/C13H9BrF2S/c1-8-2-4-13(11(16)6-8)17-12-5-3-9(15)7-10(12)14/h2-7H,1H3. The van der Waals surface area contributed by atoms with Crippen molar-refractivity contribution in [1.29, 1.82) is 0 Å². The summed E-state index contributed by atoms with van der Waals surface area (Å²) in [6, 6.07) is 9.42. The van der Waals surface area contributed by atoms with Gasteiger partial charge in [-0.1, -0.05) is 17.8 Å². The Balaban J connectivity index is 2.31. The lowest BCUT2D eigenvalue weighted by atomic mass is 10.2. The van der Waals surface area contributed by atoms with Crippen molar-refractivity contribution in [2.45, 2.75) is 16.7 Å². The van der Waals surface area contributed by atoms with Crippen molar-refractivity contribution < 1.29 is 8.78 Å². The second-order valence-electron chi connectivity index (χ2n) is 3.61. The van der Waals surface area contributed by atoms with Gasteiger partial charge in [0.2, 0.25) is 0 Å². The summed E-state index contributed by atoms with van der Waals surface area (Å²) < 4.78 is 27.2. The second kappa shape index (κ2) is 5.19.